The Morgan fingerprint density at radius 2 is 2.19 bits per heavy atom. The van der Waals surface area contributed by atoms with Crippen molar-refractivity contribution in [3.63, 3.8) is 0 Å². The summed E-state index contributed by atoms with van der Waals surface area (Å²) in [5, 5.41) is 12.4. The average Bonchev–Trinajstić information content (AvgIpc) is 2.95. The zero-order valence-electron chi connectivity index (χ0n) is 14.0. The van der Waals surface area contributed by atoms with Crippen molar-refractivity contribution in [3.05, 3.63) is 47.4 Å². The molecule has 1 aromatic carbocycles. The van der Waals surface area contributed by atoms with Gasteiger partial charge in [0.25, 0.3) is 0 Å². The lowest BCUT2D eigenvalue weighted by molar-refractivity contribution is -0.137. The molecule has 3 aromatic rings. The van der Waals surface area contributed by atoms with Crippen molar-refractivity contribution >= 4 is 29.0 Å². The maximum Gasteiger partial charge on any atom is 0.303 e. The van der Waals surface area contributed by atoms with E-state index in [0.717, 1.165) is 0 Å². The summed E-state index contributed by atoms with van der Waals surface area (Å²) < 4.78 is 21.5. The van der Waals surface area contributed by atoms with E-state index in [0.29, 0.717) is 40.9 Å². The smallest absolute Gasteiger partial charge is 0.303 e. The second-order valence-electron chi connectivity index (χ2n) is 5.63. The predicted octanol–water partition coefficient (Wildman–Crippen LogP) is 4.08. The number of hydrogen-bond acceptors (Lipinski definition) is 4. The van der Waals surface area contributed by atoms with Gasteiger partial charge in [-0.2, -0.15) is 0 Å². The van der Waals surface area contributed by atoms with E-state index in [-0.39, 0.29) is 12.0 Å². The zero-order valence-corrected chi connectivity index (χ0v) is 14.8. The van der Waals surface area contributed by atoms with Gasteiger partial charge >= 0.3 is 5.97 Å². The quantitative estimate of drug-likeness (QED) is 0.607. The molecule has 0 saturated carbocycles. The molecule has 0 spiro atoms. The summed E-state index contributed by atoms with van der Waals surface area (Å²) in [7, 11) is 1.46. The van der Waals surface area contributed by atoms with E-state index in [1.54, 1.807) is 34.9 Å². The number of fused-ring (bicyclic) bond motifs is 1. The van der Waals surface area contributed by atoms with E-state index in [2.05, 4.69) is 10.3 Å². The topological polar surface area (TPSA) is 75.9 Å². The normalized spacial score (nSPS) is 10.9. The number of nitrogens with one attached hydrogen (secondary N) is 1. The molecule has 0 amide bonds. The number of halogens is 2. The van der Waals surface area contributed by atoms with Crippen LogP contribution < -0.4 is 10.1 Å². The van der Waals surface area contributed by atoms with Crippen LogP contribution in [0.25, 0.3) is 16.9 Å². The Hall–Kier alpha value is -2.80. The number of rotatable bonds is 7. The fourth-order valence-corrected chi connectivity index (χ4v) is 2.87. The van der Waals surface area contributed by atoms with Crippen LogP contribution in [0.15, 0.2) is 36.5 Å². The number of aromatic nitrogens is 2. The molecule has 3 rings (SSSR count). The van der Waals surface area contributed by atoms with Crippen molar-refractivity contribution in [2.75, 3.05) is 19.0 Å². The fourth-order valence-electron chi connectivity index (χ4n) is 2.71. The largest absolute Gasteiger partial charge is 0.496 e. The molecule has 0 radical (unpaired) electrons. The van der Waals surface area contributed by atoms with Gasteiger partial charge < -0.3 is 15.2 Å². The van der Waals surface area contributed by atoms with Crippen LogP contribution in [0.4, 0.5) is 10.2 Å². The number of carboxylic acids is 1. The van der Waals surface area contributed by atoms with Crippen LogP contribution in [0, 0.1) is 5.82 Å². The monoisotopic (exact) mass is 377 g/mol. The summed E-state index contributed by atoms with van der Waals surface area (Å²) in [5.41, 5.74) is 1.18. The maximum atomic E-state index is 14.5. The highest BCUT2D eigenvalue weighted by Gasteiger charge is 2.21. The molecular formula is C18H17ClFN3O3. The Labute approximate surface area is 154 Å². The van der Waals surface area contributed by atoms with Gasteiger partial charge in [0, 0.05) is 19.2 Å². The Morgan fingerprint density at radius 3 is 2.92 bits per heavy atom. The first kappa shape index (κ1) is 18.0. The van der Waals surface area contributed by atoms with E-state index in [1.165, 1.54) is 13.2 Å². The van der Waals surface area contributed by atoms with Crippen LogP contribution in [0.3, 0.4) is 0 Å². The number of aliphatic carboxylic acids is 1. The maximum absolute atomic E-state index is 14.5. The number of ether oxygens (including phenoxy) is 1. The van der Waals surface area contributed by atoms with Gasteiger partial charge in [-0.25, -0.2) is 9.37 Å². The Morgan fingerprint density at radius 1 is 1.38 bits per heavy atom. The predicted molar refractivity (Wildman–Crippen MR) is 97.5 cm³/mol. The Bertz CT molecular complexity index is 958. The lowest BCUT2D eigenvalue weighted by Crippen LogP contribution is -2.08. The summed E-state index contributed by atoms with van der Waals surface area (Å²) in [6.45, 7) is 0.385. The minimum absolute atomic E-state index is 0.0306. The first-order valence-electron chi connectivity index (χ1n) is 7.97. The van der Waals surface area contributed by atoms with Crippen molar-refractivity contribution in [2.24, 2.45) is 0 Å². The lowest BCUT2D eigenvalue weighted by atomic mass is 10.1. The van der Waals surface area contributed by atoms with Crippen LogP contribution in [0.5, 0.6) is 5.75 Å². The molecule has 0 bridgehead atoms. The Balaban J connectivity index is 2.10. The minimum Gasteiger partial charge on any atom is -0.496 e. The van der Waals surface area contributed by atoms with Gasteiger partial charge in [0.05, 0.1) is 17.7 Å². The molecule has 136 valence electrons. The van der Waals surface area contributed by atoms with E-state index >= 15 is 0 Å². The molecule has 0 aliphatic heterocycles. The molecule has 2 heterocycles. The molecule has 0 fully saturated rings. The first-order chi connectivity index (χ1) is 12.5. The van der Waals surface area contributed by atoms with Gasteiger partial charge in [0.1, 0.15) is 28.7 Å². The molecule has 6 nitrogen and oxygen atoms in total. The van der Waals surface area contributed by atoms with Crippen LogP contribution in [-0.2, 0) is 4.79 Å². The SMILES string of the molecule is COc1cccc(F)c1-c1nc2ccc(Cl)cn2c1NCCCC(=O)O. The number of imidazole rings is 1. The van der Waals surface area contributed by atoms with Crippen LogP contribution in [0.1, 0.15) is 12.8 Å². The van der Waals surface area contributed by atoms with Crippen molar-refractivity contribution in [2.45, 2.75) is 12.8 Å². The highest BCUT2D eigenvalue weighted by molar-refractivity contribution is 6.30. The highest BCUT2D eigenvalue weighted by Crippen LogP contribution is 2.37. The summed E-state index contributed by atoms with van der Waals surface area (Å²) in [5.74, 6) is -0.458. The van der Waals surface area contributed by atoms with Crippen LogP contribution >= 0.6 is 11.6 Å². The molecule has 0 aliphatic carbocycles. The number of benzene rings is 1. The van der Waals surface area contributed by atoms with Gasteiger partial charge in [-0.1, -0.05) is 17.7 Å². The first-order valence-corrected chi connectivity index (χ1v) is 8.35. The van der Waals surface area contributed by atoms with Crippen molar-refractivity contribution in [3.8, 4) is 17.0 Å². The number of carbonyl (C=O) groups is 1. The van der Waals surface area contributed by atoms with Gasteiger partial charge in [-0.05, 0) is 30.7 Å². The van der Waals surface area contributed by atoms with Gasteiger partial charge in [0.2, 0.25) is 0 Å². The summed E-state index contributed by atoms with van der Waals surface area (Å²) >= 11 is 6.09. The lowest BCUT2D eigenvalue weighted by Gasteiger charge is -2.11. The number of pyridine rings is 1. The van der Waals surface area contributed by atoms with Crippen molar-refractivity contribution in [1.82, 2.24) is 9.38 Å². The number of nitrogens with zero attached hydrogens (tertiary/aromatic N) is 2. The summed E-state index contributed by atoms with van der Waals surface area (Å²) in [6.07, 6.45) is 2.11. The molecule has 0 aliphatic rings. The third-order valence-corrected chi connectivity index (χ3v) is 4.10. The molecule has 0 atom stereocenters. The van der Waals surface area contributed by atoms with Gasteiger partial charge in [-0.3, -0.25) is 9.20 Å². The number of hydrogen-bond donors (Lipinski definition) is 2. The van der Waals surface area contributed by atoms with Crippen LogP contribution in [-0.4, -0.2) is 34.1 Å². The Kier molecular flexibility index (Phi) is 5.27. The van der Waals surface area contributed by atoms with E-state index in [1.807, 2.05) is 0 Å². The number of methoxy groups -OCH3 is 1. The highest BCUT2D eigenvalue weighted by atomic mass is 35.5. The van der Waals surface area contributed by atoms with Crippen molar-refractivity contribution < 1.29 is 19.0 Å². The third kappa shape index (κ3) is 3.57. The second-order valence-corrected chi connectivity index (χ2v) is 6.06. The molecule has 2 aromatic heterocycles. The number of anilines is 1. The van der Waals surface area contributed by atoms with E-state index in [9.17, 15) is 9.18 Å². The third-order valence-electron chi connectivity index (χ3n) is 3.87. The number of carboxylic acid groups (broad SMARTS) is 1. The van der Waals surface area contributed by atoms with Gasteiger partial charge in [-0.15, -0.1) is 0 Å². The molecule has 8 heteroatoms. The molecule has 2 N–H and O–H groups in total. The molecular weight excluding hydrogens is 361 g/mol. The zero-order chi connectivity index (χ0) is 18.7. The van der Waals surface area contributed by atoms with E-state index in [4.69, 9.17) is 21.4 Å². The summed E-state index contributed by atoms with van der Waals surface area (Å²) in [4.78, 5) is 15.2. The molecule has 0 unspecified atom stereocenters. The molecule has 26 heavy (non-hydrogen) atoms. The molecule has 0 saturated heterocycles. The summed E-state index contributed by atoms with van der Waals surface area (Å²) in [6, 6.07) is 7.97. The van der Waals surface area contributed by atoms with E-state index < -0.39 is 11.8 Å². The minimum atomic E-state index is -0.871. The van der Waals surface area contributed by atoms with Crippen molar-refractivity contribution in [1.29, 1.82) is 0 Å². The second kappa shape index (κ2) is 7.61. The van der Waals surface area contributed by atoms with Crippen LogP contribution in [0.2, 0.25) is 5.02 Å². The fraction of sp³-hybridized carbons (Fsp3) is 0.222. The average molecular weight is 378 g/mol. The standard InChI is InChI=1S/C18H17ClFN3O3/c1-26-13-5-2-4-12(20)16(13)17-18(21-9-3-6-15(24)25)23-10-11(19)7-8-14(23)22-17/h2,4-5,7-8,10,21H,3,6,9H2,1H3,(H,24,25). The van der Waals surface area contributed by atoms with Gasteiger partial charge in [0.15, 0.2) is 0 Å².